The van der Waals surface area contributed by atoms with Crippen LogP contribution in [0.15, 0.2) is 16.6 Å². The summed E-state index contributed by atoms with van der Waals surface area (Å²) in [5.41, 5.74) is 0.743. The molecule has 0 heterocycles. The first-order valence-electron chi connectivity index (χ1n) is 6.03. The van der Waals surface area contributed by atoms with Crippen LogP contribution in [-0.4, -0.2) is 41.2 Å². The number of rotatable bonds is 6. The number of hydrogen-bond donors (Lipinski definition) is 1. The van der Waals surface area contributed by atoms with Gasteiger partial charge in [0.05, 0.1) is 30.0 Å². The van der Waals surface area contributed by atoms with Crippen molar-refractivity contribution in [3.8, 4) is 11.5 Å². The molecule has 0 aliphatic carbocycles. The molecule has 0 fully saturated rings. The molecule has 0 radical (unpaired) electrons. The minimum absolute atomic E-state index is 0.387. The highest BCUT2D eigenvalue weighted by molar-refractivity contribution is 9.10. The number of methoxy groups -OCH3 is 2. The quantitative estimate of drug-likeness (QED) is 0.836. The normalized spacial score (nSPS) is 14.7. The second-order valence-corrected chi connectivity index (χ2v) is 7.79. The average molecular weight is 366 g/mol. The Hall–Kier alpha value is -0.790. The van der Waals surface area contributed by atoms with E-state index in [1.165, 1.54) is 6.26 Å². The Balaban J connectivity index is 3.41. The van der Waals surface area contributed by atoms with E-state index in [1.54, 1.807) is 40.3 Å². The Morgan fingerprint density at radius 3 is 2.15 bits per heavy atom. The molecule has 0 aliphatic rings. The summed E-state index contributed by atoms with van der Waals surface area (Å²) in [4.78, 5) is 0. The van der Waals surface area contributed by atoms with Crippen LogP contribution in [0.3, 0.4) is 0 Å². The lowest BCUT2D eigenvalue weighted by atomic mass is 10.0. The molecular weight excluding hydrogens is 346 g/mol. The minimum Gasteiger partial charge on any atom is -0.496 e. The van der Waals surface area contributed by atoms with Crippen LogP contribution in [0.25, 0.3) is 0 Å². The number of ether oxygens (including phenoxy) is 2. The highest BCUT2D eigenvalue weighted by Crippen LogP contribution is 2.37. The highest BCUT2D eigenvalue weighted by atomic mass is 79.9. The fourth-order valence-corrected chi connectivity index (χ4v) is 3.28. The molecule has 0 bridgehead atoms. The zero-order valence-electron chi connectivity index (χ0n) is 12.2. The van der Waals surface area contributed by atoms with Crippen LogP contribution < -0.4 is 14.8 Å². The Morgan fingerprint density at radius 2 is 1.75 bits per heavy atom. The fourth-order valence-electron chi connectivity index (χ4n) is 2.02. The van der Waals surface area contributed by atoms with Crippen molar-refractivity contribution in [3.63, 3.8) is 0 Å². The van der Waals surface area contributed by atoms with Gasteiger partial charge in [0.1, 0.15) is 11.5 Å². The van der Waals surface area contributed by atoms with E-state index in [2.05, 4.69) is 21.2 Å². The molecule has 7 heteroatoms. The summed E-state index contributed by atoms with van der Waals surface area (Å²) < 4.78 is 35.0. The van der Waals surface area contributed by atoms with Gasteiger partial charge in [-0.15, -0.1) is 0 Å². The average Bonchev–Trinajstić information content (AvgIpc) is 2.39. The van der Waals surface area contributed by atoms with E-state index in [-0.39, 0.29) is 6.04 Å². The third kappa shape index (κ3) is 3.65. The topological polar surface area (TPSA) is 64.6 Å². The van der Waals surface area contributed by atoms with Gasteiger partial charge in [-0.2, -0.15) is 0 Å². The summed E-state index contributed by atoms with van der Waals surface area (Å²) in [6.07, 6.45) is 1.23. The van der Waals surface area contributed by atoms with E-state index < -0.39 is 15.1 Å². The maximum atomic E-state index is 11.8. The maximum Gasteiger partial charge on any atom is 0.151 e. The van der Waals surface area contributed by atoms with Gasteiger partial charge in [-0.25, -0.2) is 8.42 Å². The first-order chi connectivity index (χ1) is 9.26. The fraction of sp³-hybridized carbons (Fsp3) is 0.538. The van der Waals surface area contributed by atoms with Gasteiger partial charge in [0.15, 0.2) is 9.84 Å². The van der Waals surface area contributed by atoms with Crippen molar-refractivity contribution in [2.24, 2.45) is 0 Å². The van der Waals surface area contributed by atoms with Crippen molar-refractivity contribution in [2.75, 3.05) is 27.5 Å². The predicted molar refractivity (Wildman–Crippen MR) is 83.4 cm³/mol. The summed E-state index contributed by atoms with van der Waals surface area (Å²) in [5, 5.41) is 2.45. The molecule has 0 spiro atoms. The van der Waals surface area contributed by atoms with Crippen LogP contribution in [0.4, 0.5) is 0 Å². The monoisotopic (exact) mass is 365 g/mol. The van der Waals surface area contributed by atoms with Crippen molar-refractivity contribution in [2.45, 2.75) is 18.2 Å². The van der Waals surface area contributed by atoms with Gasteiger partial charge in [0, 0.05) is 11.8 Å². The van der Waals surface area contributed by atoms with Crippen LogP contribution in [0, 0.1) is 0 Å². The molecular formula is C13H20BrNO4S. The third-order valence-corrected chi connectivity index (χ3v) is 5.54. The first kappa shape index (κ1) is 17.3. The van der Waals surface area contributed by atoms with Gasteiger partial charge in [0.2, 0.25) is 0 Å². The van der Waals surface area contributed by atoms with Crippen LogP contribution in [0.1, 0.15) is 18.5 Å². The lowest BCUT2D eigenvalue weighted by molar-refractivity contribution is 0.388. The van der Waals surface area contributed by atoms with Crippen LogP contribution in [0.5, 0.6) is 11.5 Å². The molecule has 20 heavy (non-hydrogen) atoms. The number of halogens is 1. The molecule has 2 unspecified atom stereocenters. The van der Waals surface area contributed by atoms with Gasteiger partial charge in [-0.05, 0) is 42.0 Å². The van der Waals surface area contributed by atoms with Gasteiger partial charge in [0.25, 0.3) is 0 Å². The highest BCUT2D eigenvalue weighted by Gasteiger charge is 2.29. The maximum absolute atomic E-state index is 11.8. The number of benzene rings is 1. The molecule has 114 valence electrons. The Kier molecular flexibility index (Phi) is 5.85. The summed E-state index contributed by atoms with van der Waals surface area (Å²) in [6, 6.07) is 3.17. The van der Waals surface area contributed by atoms with Crippen LogP contribution in [-0.2, 0) is 9.84 Å². The Labute approximate surface area is 128 Å². The second-order valence-electron chi connectivity index (χ2n) is 4.53. The molecule has 1 aromatic carbocycles. The van der Waals surface area contributed by atoms with Gasteiger partial charge in [-0.1, -0.05) is 0 Å². The molecule has 1 N–H and O–H groups in total. The second kappa shape index (κ2) is 6.78. The lowest BCUT2D eigenvalue weighted by Gasteiger charge is -2.25. The molecule has 5 nitrogen and oxygen atoms in total. The first-order valence-corrected chi connectivity index (χ1v) is 8.78. The van der Waals surface area contributed by atoms with Gasteiger partial charge < -0.3 is 14.8 Å². The van der Waals surface area contributed by atoms with Gasteiger partial charge >= 0.3 is 0 Å². The van der Waals surface area contributed by atoms with Crippen molar-refractivity contribution in [1.29, 1.82) is 0 Å². The Bertz CT molecular complexity index is 574. The molecule has 0 aromatic heterocycles. The van der Waals surface area contributed by atoms with Gasteiger partial charge in [-0.3, -0.25) is 0 Å². The van der Waals surface area contributed by atoms with Crippen molar-refractivity contribution >= 4 is 25.8 Å². The summed E-state index contributed by atoms with van der Waals surface area (Å²) in [7, 11) is 1.65. The van der Waals surface area contributed by atoms with E-state index in [4.69, 9.17) is 9.47 Å². The SMILES string of the molecule is CNC(c1cc(OC)c(Br)cc1OC)C(C)S(C)(=O)=O. The third-order valence-electron chi connectivity index (χ3n) is 3.29. The van der Waals surface area contributed by atoms with Crippen molar-refractivity contribution in [3.05, 3.63) is 22.2 Å². The van der Waals surface area contributed by atoms with E-state index in [1.807, 2.05) is 0 Å². The largest absolute Gasteiger partial charge is 0.496 e. The molecule has 0 saturated carbocycles. The summed E-state index contributed by atoms with van der Waals surface area (Å²) in [6.45, 7) is 1.67. The lowest BCUT2D eigenvalue weighted by Crippen LogP contribution is -2.33. The molecule has 0 aliphatic heterocycles. The van der Waals surface area contributed by atoms with E-state index >= 15 is 0 Å². The van der Waals surface area contributed by atoms with Crippen molar-refractivity contribution < 1.29 is 17.9 Å². The molecule has 2 atom stereocenters. The van der Waals surface area contributed by atoms with Crippen molar-refractivity contribution in [1.82, 2.24) is 5.32 Å². The smallest absolute Gasteiger partial charge is 0.151 e. The molecule has 0 saturated heterocycles. The van der Waals surface area contributed by atoms with E-state index in [0.717, 1.165) is 10.0 Å². The summed E-state index contributed by atoms with van der Waals surface area (Å²) in [5.74, 6) is 1.23. The van der Waals surface area contributed by atoms with E-state index in [9.17, 15) is 8.42 Å². The predicted octanol–water partition coefficient (Wildman–Crippen LogP) is 2.16. The van der Waals surface area contributed by atoms with E-state index in [0.29, 0.717) is 11.5 Å². The molecule has 1 aromatic rings. The number of hydrogen-bond acceptors (Lipinski definition) is 5. The molecule has 1 rings (SSSR count). The number of sulfone groups is 1. The number of nitrogens with one attached hydrogen (secondary N) is 1. The standard InChI is InChI=1S/C13H20BrNO4S/c1-8(20(5,16)17)13(15-2)9-6-12(19-4)10(14)7-11(9)18-3/h6-8,13,15H,1-5H3. The summed E-state index contributed by atoms with van der Waals surface area (Å²) >= 11 is 3.39. The zero-order chi connectivity index (χ0) is 15.5. The zero-order valence-corrected chi connectivity index (χ0v) is 14.6. The minimum atomic E-state index is -3.19. The van der Waals surface area contributed by atoms with Crippen LogP contribution in [0.2, 0.25) is 0 Å². The Morgan fingerprint density at radius 1 is 1.20 bits per heavy atom. The van der Waals surface area contributed by atoms with Crippen LogP contribution >= 0.6 is 15.9 Å². The molecule has 0 amide bonds.